The highest BCUT2D eigenvalue weighted by molar-refractivity contribution is 5.99. The molecule has 0 unspecified atom stereocenters. The minimum Gasteiger partial charge on any atom is -0.404 e. The number of benzene rings is 1. The van der Waals surface area contributed by atoms with E-state index in [4.69, 9.17) is 11.1 Å². The summed E-state index contributed by atoms with van der Waals surface area (Å²) in [4.78, 5) is 35.5. The SMILES string of the molecule is N=C(N)NCCCCN1CCN(c2c[nH]c(NC(=O)Nc3ccccc3OC(F)(F)F)nc2=O)CC1. The first kappa shape index (κ1) is 26.6. The summed E-state index contributed by atoms with van der Waals surface area (Å²) in [6.07, 6.45) is -1.63. The minimum absolute atomic E-state index is 0.0369. The molecule has 2 heterocycles. The summed E-state index contributed by atoms with van der Waals surface area (Å²) in [5.41, 5.74) is 4.85. The second-order valence-corrected chi connectivity index (χ2v) is 7.94. The van der Waals surface area contributed by atoms with Crippen molar-refractivity contribution in [2.75, 3.05) is 54.8 Å². The van der Waals surface area contributed by atoms with Crippen molar-refractivity contribution in [3.05, 3.63) is 40.8 Å². The van der Waals surface area contributed by atoms with Gasteiger partial charge in [-0.3, -0.25) is 20.4 Å². The average molecular weight is 512 g/mol. The Morgan fingerprint density at radius 2 is 1.89 bits per heavy atom. The summed E-state index contributed by atoms with van der Waals surface area (Å²) >= 11 is 0. The number of carbonyl (C=O) groups is 1. The number of nitrogens with zero attached hydrogens (tertiary/aromatic N) is 3. The number of ether oxygens (including phenoxy) is 1. The molecule has 3 rings (SSSR count). The Kier molecular flexibility index (Phi) is 8.94. The summed E-state index contributed by atoms with van der Waals surface area (Å²) < 4.78 is 41.5. The number of piperazine rings is 1. The van der Waals surface area contributed by atoms with Crippen molar-refractivity contribution in [1.29, 1.82) is 5.41 Å². The summed E-state index contributed by atoms with van der Waals surface area (Å²) in [6, 6.07) is 4.15. The zero-order valence-corrected chi connectivity index (χ0v) is 19.3. The number of halogens is 3. The number of hydrogen-bond acceptors (Lipinski definition) is 7. The maximum Gasteiger partial charge on any atom is 0.573 e. The number of anilines is 3. The van der Waals surface area contributed by atoms with Gasteiger partial charge in [-0.05, 0) is 31.5 Å². The maximum absolute atomic E-state index is 12.6. The molecular formula is C21H28F3N9O3. The number of aromatic nitrogens is 2. The fourth-order valence-electron chi connectivity index (χ4n) is 3.62. The molecular weight excluding hydrogens is 483 g/mol. The second-order valence-electron chi connectivity index (χ2n) is 7.94. The highest BCUT2D eigenvalue weighted by Gasteiger charge is 2.32. The van der Waals surface area contributed by atoms with Crippen molar-refractivity contribution in [2.24, 2.45) is 5.73 Å². The standard InChI is InChI=1S/C21H28F3N9O3/c22-21(23,24)36-16-6-2-1-5-14(16)29-20(35)31-19-28-13-15(17(34)30-19)33-11-9-32(10-12-33)8-4-3-7-27-18(25)26/h1-2,5-6,13H,3-4,7-12H2,(H4,25,26,27)(H3,28,29,30,31,34,35). The first-order valence-electron chi connectivity index (χ1n) is 11.2. The van der Waals surface area contributed by atoms with E-state index in [0.717, 1.165) is 38.5 Å². The number of hydrogen-bond donors (Lipinski definition) is 6. The Morgan fingerprint density at radius 3 is 2.56 bits per heavy atom. The molecule has 0 bridgehead atoms. The summed E-state index contributed by atoms with van der Waals surface area (Å²) in [5.74, 6) is -0.776. The number of urea groups is 1. The molecule has 1 aromatic heterocycles. The van der Waals surface area contributed by atoms with Gasteiger partial charge in [0.2, 0.25) is 5.95 Å². The number of guanidine groups is 1. The lowest BCUT2D eigenvalue weighted by atomic mass is 10.2. The summed E-state index contributed by atoms with van der Waals surface area (Å²) in [5, 5.41) is 14.4. The van der Waals surface area contributed by atoms with Crippen LogP contribution < -0.4 is 36.9 Å². The molecule has 2 aromatic rings. The Labute approximate surface area is 204 Å². The van der Waals surface area contributed by atoms with Gasteiger partial charge in [0.05, 0.1) is 5.69 Å². The maximum atomic E-state index is 12.6. The molecule has 15 heteroatoms. The molecule has 2 amide bonds. The molecule has 7 N–H and O–H groups in total. The smallest absolute Gasteiger partial charge is 0.404 e. The van der Waals surface area contributed by atoms with Crippen LogP contribution in [0.5, 0.6) is 5.75 Å². The van der Waals surface area contributed by atoms with Gasteiger partial charge in [-0.15, -0.1) is 13.2 Å². The van der Waals surface area contributed by atoms with E-state index in [2.05, 4.69) is 35.6 Å². The topological polar surface area (TPSA) is 164 Å². The number of aromatic amines is 1. The molecule has 0 spiro atoms. The van der Waals surface area contributed by atoms with E-state index in [-0.39, 0.29) is 17.6 Å². The zero-order valence-electron chi connectivity index (χ0n) is 19.3. The monoisotopic (exact) mass is 511 g/mol. The lowest BCUT2D eigenvalue weighted by Gasteiger charge is -2.35. The third-order valence-electron chi connectivity index (χ3n) is 5.30. The highest BCUT2D eigenvalue weighted by atomic mass is 19.4. The van der Waals surface area contributed by atoms with Gasteiger partial charge >= 0.3 is 12.4 Å². The quantitative estimate of drug-likeness (QED) is 0.168. The Hall–Kier alpha value is -4.01. The number of H-pyrrole nitrogens is 1. The van der Waals surface area contributed by atoms with E-state index in [1.807, 2.05) is 4.90 Å². The second kappa shape index (κ2) is 12.1. The van der Waals surface area contributed by atoms with Crippen molar-refractivity contribution in [3.8, 4) is 5.75 Å². The molecule has 1 fully saturated rings. The first-order valence-corrected chi connectivity index (χ1v) is 11.2. The van der Waals surface area contributed by atoms with Gasteiger partial charge in [0.1, 0.15) is 5.69 Å². The largest absolute Gasteiger partial charge is 0.573 e. The van der Waals surface area contributed by atoms with Crippen molar-refractivity contribution in [1.82, 2.24) is 20.2 Å². The fraction of sp³-hybridized carbons (Fsp3) is 0.429. The van der Waals surface area contributed by atoms with Crippen LogP contribution in [0.25, 0.3) is 0 Å². The van der Waals surface area contributed by atoms with Crippen molar-refractivity contribution >= 4 is 29.3 Å². The average Bonchev–Trinajstić information content (AvgIpc) is 2.80. The van der Waals surface area contributed by atoms with Crippen molar-refractivity contribution < 1.29 is 22.7 Å². The first-order chi connectivity index (χ1) is 17.1. The summed E-state index contributed by atoms with van der Waals surface area (Å²) in [6.45, 7) is 4.34. The molecule has 0 atom stereocenters. The van der Waals surface area contributed by atoms with Crippen LogP contribution in [-0.4, -0.2) is 72.5 Å². The Morgan fingerprint density at radius 1 is 1.17 bits per heavy atom. The number of carbonyl (C=O) groups excluding carboxylic acids is 1. The Balaban J connectivity index is 1.50. The molecule has 1 saturated heterocycles. The lowest BCUT2D eigenvalue weighted by molar-refractivity contribution is -0.274. The van der Waals surface area contributed by atoms with Crippen LogP contribution in [-0.2, 0) is 0 Å². The van der Waals surface area contributed by atoms with Crippen LogP contribution in [0.3, 0.4) is 0 Å². The normalized spacial score (nSPS) is 14.2. The predicted octanol–water partition coefficient (Wildman–Crippen LogP) is 1.70. The van der Waals surface area contributed by atoms with Gasteiger partial charge in [0.15, 0.2) is 11.7 Å². The van der Waals surface area contributed by atoms with Crippen molar-refractivity contribution in [2.45, 2.75) is 19.2 Å². The van der Waals surface area contributed by atoms with Crippen molar-refractivity contribution in [3.63, 3.8) is 0 Å². The molecule has 36 heavy (non-hydrogen) atoms. The van der Waals surface area contributed by atoms with E-state index in [1.54, 1.807) is 0 Å². The molecule has 1 aliphatic heterocycles. The minimum atomic E-state index is -4.92. The van der Waals surface area contributed by atoms with Gasteiger partial charge < -0.3 is 31.0 Å². The molecule has 0 saturated carbocycles. The number of unbranched alkanes of at least 4 members (excludes halogenated alkanes) is 1. The van der Waals surface area contributed by atoms with Gasteiger partial charge in [-0.1, -0.05) is 12.1 Å². The third-order valence-corrected chi connectivity index (χ3v) is 5.30. The number of rotatable bonds is 9. The predicted molar refractivity (Wildman–Crippen MR) is 128 cm³/mol. The fourth-order valence-corrected chi connectivity index (χ4v) is 3.62. The number of amides is 2. The van der Waals surface area contributed by atoms with Crippen LogP contribution in [0, 0.1) is 5.41 Å². The Bertz CT molecular complexity index is 1100. The van der Waals surface area contributed by atoms with E-state index < -0.39 is 23.7 Å². The van der Waals surface area contributed by atoms with Crippen LogP contribution in [0.4, 0.5) is 35.3 Å². The number of nitrogens with one attached hydrogen (secondary N) is 5. The van der Waals surface area contributed by atoms with Crippen LogP contribution in [0.15, 0.2) is 35.3 Å². The number of alkyl halides is 3. The molecule has 1 aromatic carbocycles. The van der Waals surface area contributed by atoms with E-state index in [0.29, 0.717) is 25.3 Å². The highest BCUT2D eigenvalue weighted by Crippen LogP contribution is 2.29. The van der Waals surface area contributed by atoms with Gasteiger partial charge in [-0.25, -0.2) is 4.79 Å². The molecule has 196 valence electrons. The van der Waals surface area contributed by atoms with Crippen LogP contribution in [0.1, 0.15) is 12.8 Å². The van der Waals surface area contributed by atoms with E-state index in [1.165, 1.54) is 24.4 Å². The lowest BCUT2D eigenvalue weighted by Crippen LogP contribution is -2.48. The van der Waals surface area contributed by atoms with E-state index >= 15 is 0 Å². The van der Waals surface area contributed by atoms with Crippen LogP contribution >= 0.6 is 0 Å². The number of nitrogens with two attached hydrogens (primary N) is 1. The number of para-hydroxylation sites is 2. The van der Waals surface area contributed by atoms with Gasteiger partial charge in [-0.2, -0.15) is 4.98 Å². The molecule has 1 aliphatic rings. The third kappa shape index (κ3) is 8.33. The molecule has 12 nitrogen and oxygen atoms in total. The van der Waals surface area contributed by atoms with E-state index in [9.17, 15) is 22.8 Å². The molecule has 0 aliphatic carbocycles. The van der Waals surface area contributed by atoms with Gasteiger partial charge in [0.25, 0.3) is 5.56 Å². The summed E-state index contributed by atoms with van der Waals surface area (Å²) in [7, 11) is 0. The zero-order chi connectivity index (χ0) is 26.1. The van der Waals surface area contributed by atoms with Gasteiger partial charge in [0, 0.05) is 38.9 Å². The van der Waals surface area contributed by atoms with Crippen LogP contribution in [0.2, 0.25) is 0 Å². The molecule has 0 radical (unpaired) electrons.